The molecule has 0 saturated carbocycles. The Bertz CT molecular complexity index is 732. The number of aromatic nitrogens is 1. The van der Waals surface area contributed by atoms with E-state index < -0.39 is 6.09 Å². The highest BCUT2D eigenvalue weighted by Gasteiger charge is 2.27. The minimum absolute atomic E-state index is 0.185. The van der Waals surface area contributed by atoms with E-state index in [4.69, 9.17) is 9.84 Å². The largest absolute Gasteiger partial charge is 0.472 e. The van der Waals surface area contributed by atoms with Crippen molar-refractivity contribution in [2.45, 2.75) is 12.5 Å². The number of aldehydes is 1. The highest BCUT2D eigenvalue weighted by Crippen LogP contribution is 2.22. The van der Waals surface area contributed by atoms with Gasteiger partial charge in [-0.1, -0.05) is 24.3 Å². The molecule has 3 rings (SSSR count). The number of hydrogen-bond donors (Lipinski definition) is 1. The van der Waals surface area contributed by atoms with Crippen LogP contribution in [0.15, 0.2) is 42.5 Å². The maximum Gasteiger partial charge on any atom is 0.407 e. The van der Waals surface area contributed by atoms with Gasteiger partial charge in [-0.2, -0.15) is 0 Å². The van der Waals surface area contributed by atoms with E-state index in [2.05, 4.69) is 4.98 Å². The van der Waals surface area contributed by atoms with Gasteiger partial charge < -0.3 is 14.7 Å². The fraction of sp³-hybridized carbons (Fsp3) is 0.235. The predicted octanol–water partition coefficient (Wildman–Crippen LogP) is 2.69. The van der Waals surface area contributed by atoms with Crippen molar-refractivity contribution >= 4 is 12.4 Å². The summed E-state index contributed by atoms with van der Waals surface area (Å²) >= 11 is 0. The quantitative estimate of drug-likeness (QED) is 0.878. The molecule has 1 aliphatic rings. The van der Waals surface area contributed by atoms with Gasteiger partial charge in [-0.15, -0.1) is 0 Å². The zero-order valence-electron chi connectivity index (χ0n) is 12.4. The normalized spacial score (nSPS) is 17.0. The molecule has 1 fully saturated rings. The highest BCUT2D eigenvalue weighted by atomic mass is 16.5. The van der Waals surface area contributed by atoms with Gasteiger partial charge in [0.15, 0.2) is 0 Å². The molecule has 118 valence electrons. The van der Waals surface area contributed by atoms with Crippen LogP contribution >= 0.6 is 0 Å². The minimum atomic E-state index is -0.927. The number of benzene rings is 1. The Morgan fingerprint density at radius 3 is 2.87 bits per heavy atom. The Hall–Kier alpha value is -2.89. The molecule has 1 aromatic heterocycles. The third-order valence-corrected chi connectivity index (χ3v) is 3.74. The summed E-state index contributed by atoms with van der Waals surface area (Å²) in [5, 5.41) is 8.97. The fourth-order valence-corrected chi connectivity index (χ4v) is 2.58. The van der Waals surface area contributed by atoms with Crippen LogP contribution in [0.5, 0.6) is 5.88 Å². The van der Waals surface area contributed by atoms with Gasteiger partial charge in [0.1, 0.15) is 12.4 Å². The lowest BCUT2D eigenvalue weighted by atomic mass is 10.1. The summed E-state index contributed by atoms with van der Waals surface area (Å²) in [5.74, 6) is 0.455. The van der Waals surface area contributed by atoms with Gasteiger partial charge in [-0.05, 0) is 12.1 Å². The second kappa shape index (κ2) is 6.48. The van der Waals surface area contributed by atoms with E-state index in [1.54, 1.807) is 24.3 Å². The molecule has 1 aromatic carbocycles. The molecule has 0 aliphatic carbocycles. The lowest BCUT2D eigenvalue weighted by molar-refractivity contribution is 0.112. The van der Waals surface area contributed by atoms with Crippen molar-refractivity contribution < 1.29 is 19.4 Å². The molecule has 0 bridgehead atoms. The van der Waals surface area contributed by atoms with E-state index in [0.29, 0.717) is 36.6 Å². The summed E-state index contributed by atoms with van der Waals surface area (Å²) in [6, 6.07) is 12.6. The summed E-state index contributed by atoms with van der Waals surface area (Å²) in [6.45, 7) is 0.822. The lowest BCUT2D eigenvalue weighted by Crippen LogP contribution is -2.29. The van der Waals surface area contributed by atoms with E-state index in [1.807, 2.05) is 18.2 Å². The van der Waals surface area contributed by atoms with Gasteiger partial charge in [0.25, 0.3) is 0 Å². The van der Waals surface area contributed by atoms with Crippen molar-refractivity contribution in [3.8, 4) is 17.1 Å². The van der Waals surface area contributed by atoms with Crippen LogP contribution in [-0.4, -0.2) is 46.6 Å². The van der Waals surface area contributed by atoms with Crippen molar-refractivity contribution in [3.63, 3.8) is 0 Å². The molecule has 6 heteroatoms. The minimum Gasteiger partial charge on any atom is -0.472 e. The fourth-order valence-electron chi connectivity index (χ4n) is 2.58. The van der Waals surface area contributed by atoms with Crippen molar-refractivity contribution in [1.82, 2.24) is 9.88 Å². The first-order chi connectivity index (χ1) is 11.2. The average Bonchev–Trinajstić information content (AvgIpc) is 3.04. The average molecular weight is 312 g/mol. The second-order valence-corrected chi connectivity index (χ2v) is 5.36. The van der Waals surface area contributed by atoms with Gasteiger partial charge in [0.2, 0.25) is 5.88 Å². The number of nitrogens with zero attached hydrogens (tertiary/aromatic N) is 2. The molecule has 0 radical (unpaired) electrons. The summed E-state index contributed by atoms with van der Waals surface area (Å²) in [5.41, 5.74) is 2.13. The molecule has 1 saturated heterocycles. The molecule has 1 amide bonds. The van der Waals surface area contributed by atoms with Crippen LogP contribution in [0, 0.1) is 0 Å². The molecule has 1 N–H and O–H groups in total. The second-order valence-electron chi connectivity index (χ2n) is 5.36. The van der Waals surface area contributed by atoms with Crippen LogP contribution < -0.4 is 4.74 Å². The summed E-state index contributed by atoms with van der Waals surface area (Å²) in [4.78, 5) is 27.6. The third-order valence-electron chi connectivity index (χ3n) is 3.74. The Kier molecular flexibility index (Phi) is 4.23. The highest BCUT2D eigenvalue weighted by molar-refractivity contribution is 5.78. The number of amides is 1. The number of carbonyl (C=O) groups excluding carboxylic acids is 1. The van der Waals surface area contributed by atoms with Crippen molar-refractivity contribution in [1.29, 1.82) is 0 Å². The Balaban J connectivity index is 1.75. The maximum absolute atomic E-state index is 10.9. The van der Waals surface area contributed by atoms with Crippen LogP contribution in [0.2, 0.25) is 0 Å². The smallest absolute Gasteiger partial charge is 0.407 e. The van der Waals surface area contributed by atoms with Crippen molar-refractivity contribution in [2.24, 2.45) is 0 Å². The molecule has 1 aliphatic heterocycles. The number of ether oxygens (including phenoxy) is 1. The van der Waals surface area contributed by atoms with Crippen LogP contribution in [-0.2, 0) is 0 Å². The molecule has 0 unspecified atom stereocenters. The molecule has 6 nitrogen and oxygen atoms in total. The topological polar surface area (TPSA) is 79.7 Å². The van der Waals surface area contributed by atoms with E-state index >= 15 is 0 Å². The van der Waals surface area contributed by atoms with Gasteiger partial charge in [-0.3, -0.25) is 4.79 Å². The van der Waals surface area contributed by atoms with E-state index in [1.165, 1.54) is 4.90 Å². The number of hydrogen-bond acceptors (Lipinski definition) is 4. The molecule has 23 heavy (non-hydrogen) atoms. The molecule has 1 atom stereocenters. The molecule has 2 aromatic rings. The monoisotopic (exact) mass is 312 g/mol. The van der Waals surface area contributed by atoms with Gasteiger partial charge >= 0.3 is 6.09 Å². The number of pyridine rings is 1. The Morgan fingerprint density at radius 1 is 1.30 bits per heavy atom. The first-order valence-electron chi connectivity index (χ1n) is 7.33. The van der Waals surface area contributed by atoms with Crippen molar-refractivity contribution in [3.05, 3.63) is 48.0 Å². The Labute approximate surface area is 133 Å². The maximum atomic E-state index is 10.9. The van der Waals surface area contributed by atoms with Crippen LogP contribution in [0.3, 0.4) is 0 Å². The third kappa shape index (κ3) is 3.48. The van der Waals surface area contributed by atoms with Crippen LogP contribution in [0.4, 0.5) is 4.79 Å². The molecule has 0 spiro atoms. The summed E-state index contributed by atoms with van der Waals surface area (Å²) in [6.07, 6.45) is 0.334. The van der Waals surface area contributed by atoms with Gasteiger partial charge in [0, 0.05) is 30.2 Å². The summed E-state index contributed by atoms with van der Waals surface area (Å²) < 4.78 is 5.79. The molecule has 2 heterocycles. The van der Waals surface area contributed by atoms with Gasteiger partial charge in [-0.25, -0.2) is 9.78 Å². The standard InChI is InChI=1S/C17H16N2O4/c20-11-12-3-1-4-13(9-12)15-5-2-6-16(18-15)23-14-7-8-19(10-14)17(21)22/h1-6,9,11,14H,7-8,10H2,(H,21,22)/t14-/m0/s1. The van der Waals surface area contributed by atoms with Crippen molar-refractivity contribution in [2.75, 3.05) is 13.1 Å². The zero-order valence-corrected chi connectivity index (χ0v) is 12.4. The van der Waals surface area contributed by atoms with Crippen LogP contribution in [0.25, 0.3) is 11.3 Å². The van der Waals surface area contributed by atoms with E-state index in [0.717, 1.165) is 11.8 Å². The number of likely N-dealkylation sites (tertiary alicyclic amines) is 1. The lowest BCUT2D eigenvalue weighted by Gasteiger charge is -2.14. The Morgan fingerprint density at radius 2 is 2.13 bits per heavy atom. The summed E-state index contributed by atoms with van der Waals surface area (Å²) in [7, 11) is 0. The molecular weight excluding hydrogens is 296 g/mol. The first kappa shape index (κ1) is 15.0. The van der Waals surface area contributed by atoms with E-state index in [9.17, 15) is 9.59 Å². The van der Waals surface area contributed by atoms with E-state index in [-0.39, 0.29) is 6.10 Å². The van der Waals surface area contributed by atoms with Gasteiger partial charge in [0.05, 0.1) is 12.2 Å². The first-order valence-corrected chi connectivity index (χ1v) is 7.33. The number of rotatable bonds is 4. The zero-order chi connectivity index (χ0) is 16.2. The SMILES string of the molecule is O=Cc1cccc(-c2cccc(O[C@H]3CCN(C(=O)O)C3)n2)c1. The predicted molar refractivity (Wildman–Crippen MR) is 83.7 cm³/mol. The molecular formula is C17H16N2O4. The number of carboxylic acid groups (broad SMARTS) is 1. The number of carbonyl (C=O) groups is 2. The van der Waals surface area contributed by atoms with Crippen LogP contribution in [0.1, 0.15) is 16.8 Å².